The summed E-state index contributed by atoms with van der Waals surface area (Å²) in [5, 5.41) is 8.69. The quantitative estimate of drug-likeness (QED) is 0.805. The van der Waals surface area contributed by atoms with Gasteiger partial charge in [-0.3, -0.25) is 4.79 Å². The third kappa shape index (κ3) is 5.09. The first-order valence-electron chi connectivity index (χ1n) is 7.19. The molecule has 5 heteroatoms. The van der Waals surface area contributed by atoms with Gasteiger partial charge >= 0.3 is 12.0 Å². The monoisotopic (exact) mass is 270 g/mol. The predicted molar refractivity (Wildman–Crippen MR) is 74.0 cm³/mol. The number of aliphatic carboxylic acids is 1. The maximum atomic E-state index is 12.3. The Balaban J connectivity index is 2.43. The molecule has 1 unspecified atom stereocenters. The van der Waals surface area contributed by atoms with Gasteiger partial charge in [0.2, 0.25) is 0 Å². The van der Waals surface area contributed by atoms with Crippen LogP contribution in [0.2, 0.25) is 0 Å². The van der Waals surface area contributed by atoms with Crippen LogP contribution in [0, 0.1) is 11.8 Å². The second-order valence-electron chi connectivity index (χ2n) is 5.75. The van der Waals surface area contributed by atoms with Gasteiger partial charge < -0.3 is 14.9 Å². The van der Waals surface area contributed by atoms with Gasteiger partial charge in [-0.05, 0) is 31.6 Å². The lowest BCUT2D eigenvalue weighted by atomic mass is 10.0. The van der Waals surface area contributed by atoms with Crippen molar-refractivity contribution >= 4 is 12.0 Å². The number of amides is 2. The van der Waals surface area contributed by atoms with Gasteiger partial charge in [0.1, 0.15) is 0 Å². The average molecular weight is 270 g/mol. The van der Waals surface area contributed by atoms with Crippen molar-refractivity contribution in [1.29, 1.82) is 0 Å². The van der Waals surface area contributed by atoms with Crippen LogP contribution in [0.25, 0.3) is 0 Å². The molecule has 1 aliphatic rings. The highest BCUT2D eigenvalue weighted by atomic mass is 16.4. The van der Waals surface area contributed by atoms with Crippen molar-refractivity contribution in [3.8, 4) is 0 Å². The van der Waals surface area contributed by atoms with E-state index in [0.717, 1.165) is 26.1 Å². The van der Waals surface area contributed by atoms with Gasteiger partial charge in [0.15, 0.2) is 0 Å². The number of rotatable bonds is 6. The van der Waals surface area contributed by atoms with Gasteiger partial charge in [-0.2, -0.15) is 0 Å². The van der Waals surface area contributed by atoms with Crippen LogP contribution in [0.5, 0.6) is 0 Å². The molecule has 0 spiro atoms. The number of hydrogen-bond acceptors (Lipinski definition) is 2. The number of carboxylic acids is 1. The van der Waals surface area contributed by atoms with E-state index in [1.54, 1.807) is 0 Å². The fourth-order valence-electron chi connectivity index (χ4n) is 2.55. The minimum absolute atomic E-state index is 0.106. The van der Waals surface area contributed by atoms with Gasteiger partial charge in [0.25, 0.3) is 0 Å². The number of carbonyl (C=O) groups excluding carboxylic acids is 1. The average Bonchev–Trinajstić information content (AvgIpc) is 2.81. The molecule has 1 heterocycles. The minimum atomic E-state index is -0.750. The maximum Gasteiger partial charge on any atom is 0.320 e. The number of nitrogens with zero attached hydrogens (tertiary/aromatic N) is 2. The van der Waals surface area contributed by atoms with Crippen LogP contribution in [0.15, 0.2) is 0 Å². The van der Waals surface area contributed by atoms with E-state index in [4.69, 9.17) is 5.11 Å². The molecule has 19 heavy (non-hydrogen) atoms. The summed E-state index contributed by atoms with van der Waals surface area (Å²) in [5.74, 6) is 0.0619. The molecule has 0 aromatic heterocycles. The predicted octanol–water partition coefficient (Wildman–Crippen LogP) is 2.27. The van der Waals surface area contributed by atoms with Crippen molar-refractivity contribution in [1.82, 2.24) is 9.80 Å². The minimum Gasteiger partial charge on any atom is -0.481 e. The lowest BCUT2D eigenvalue weighted by molar-refractivity contribution is -0.137. The Bertz CT molecular complexity index is 318. The molecule has 1 N–H and O–H groups in total. The molecule has 2 amide bonds. The van der Waals surface area contributed by atoms with Crippen LogP contribution < -0.4 is 0 Å². The molecule has 0 bridgehead atoms. The van der Waals surface area contributed by atoms with Crippen LogP contribution in [0.1, 0.15) is 40.0 Å². The zero-order valence-corrected chi connectivity index (χ0v) is 12.3. The summed E-state index contributed by atoms with van der Waals surface area (Å²) >= 11 is 0. The van der Waals surface area contributed by atoms with Gasteiger partial charge in [-0.25, -0.2) is 4.79 Å². The van der Waals surface area contributed by atoms with Crippen molar-refractivity contribution in [3.05, 3.63) is 0 Å². The van der Waals surface area contributed by atoms with Crippen LogP contribution in [0.3, 0.4) is 0 Å². The first-order chi connectivity index (χ1) is 8.93. The molecule has 1 rings (SSSR count). The Morgan fingerprint density at radius 3 is 2.63 bits per heavy atom. The molecule has 5 nitrogen and oxygen atoms in total. The van der Waals surface area contributed by atoms with Crippen LogP contribution in [0.4, 0.5) is 4.79 Å². The summed E-state index contributed by atoms with van der Waals surface area (Å²) in [5.41, 5.74) is 0. The fraction of sp³-hybridized carbons (Fsp3) is 0.857. The van der Waals surface area contributed by atoms with Crippen molar-refractivity contribution < 1.29 is 14.7 Å². The molecule has 110 valence electrons. The summed E-state index contributed by atoms with van der Waals surface area (Å²) in [4.78, 5) is 26.6. The highest BCUT2D eigenvalue weighted by Crippen LogP contribution is 2.22. The van der Waals surface area contributed by atoms with Crippen molar-refractivity contribution in [3.63, 3.8) is 0 Å². The molecule has 0 saturated carbocycles. The van der Waals surface area contributed by atoms with E-state index in [1.807, 2.05) is 16.7 Å². The third-order valence-corrected chi connectivity index (χ3v) is 3.56. The van der Waals surface area contributed by atoms with E-state index in [0.29, 0.717) is 24.8 Å². The lowest BCUT2D eigenvalue weighted by Crippen LogP contribution is -2.43. The van der Waals surface area contributed by atoms with E-state index in [-0.39, 0.29) is 12.5 Å². The number of likely N-dealkylation sites (tertiary alicyclic amines) is 1. The molecule has 0 aliphatic carbocycles. The maximum absolute atomic E-state index is 12.3. The summed E-state index contributed by atoms with van der Waals surface area (Å²) in [6, 6.07) is 0.106. The number of urea groups is 1. The standard InChI is InChI=1S/C14H26N2O3/c1-4-15(9-11(2)3)14(19)16-8-7-12(10-16)5-6-13(17)18/h11-12H,4-10H2,1-3H3,(H,17,18). The lowest BCUT2D eigenvalue weighted by Gasteiger charge is -2.28. The zero-order valence-electron chi connectivity index (χ0n) is 12.3. The van der Waals surface area contributed by atoms with E-state index < -0.39 is 5.97 Å². The van der Waals surface area contributed by atoms with E-state index in [2.05, 4.69) is 13.8 Å². The Hall–Kier alpha value is -1.26. The third-order valence-electron chi connectivity index (χ3n) is 3.56. The number of hydrogen-bond donors (Lipinski definition) is 1. The molecule has 1 fully saturated rings. The van der Waals surface area contributed by atoms with E-state index in [1.165, 1.54) is 0 Å². The molecule has 0 radical (unpaired) electrons. The molecular formula is C14H26N2O3. The highest BCUT2D eigenvalue weighted by Gasteiger charge is 2.29. The SMILES string of the molecule is CCN(CC(C)C)C(=O)N1CCC(CCC(=O)O)C1. The summed E-state index contributed by atoms with van der Waals surface area (Å²) < 4.78 is 0. The van der Waals surface area contributed by atoms with Crippen molar-refractivity contribution in [2.75, 3.05) is 26.2 Å². The molecule has 1 atom stereocenters. The van der Waals surface area contributed by atoms with Gasteiger partial charge in [0.05, 0.1) is 0 Å². The molecule has 0 aromatic rings. The Morgan fingerprint density at radius 1 is 1.42 bits per heavy atom. The highest BCUT2D eigenvalue weighted by molar-refractivity contribution is 5.74. The zero-order chi connectivity index (χ0) is 14.4. The van der Waals surface area contributed by atoms with Gasteiger partial charge in [0, 0.05) is 32.6 Å². The van der Waals surface area contributed by atoms with E-state index >= 15 is 0 Å². The van der Waals surface area contributed by atoms with Crippen molar-refractivity contribution in [2.45, 2.75) is 40.0 Å². The second kappa shape index (κ2) is 7.36. The normalized spacial score (nSPS) is 18.9. The molecule has 1 aliphatic heterocycles. The first kappa shape index (κ1) is 15.8. The van der Waals surface area contributed by atoms with Gasteiger partial charge in [-0.15, -0.1) is 0 Å². The smallest absolute Gasteiger partial charge is 0.320 e. The Morgan fingerprint density at radius 2 is 2.11 bits per heavy atom. The largest absolute Gasteiger partial charge is 0.481 e. The Kier molecular flexibility index (Phi) is 6.12. The summed E-state index contributed by atoms with van der Waals surface area (Å²) in [6.45, 7) is 9.20. The molecule has 0 aromatic carbocycles. The summed E-state index contributed by atoms with van der Waals surface area (Å²) in [7, 11) is 0. The molecule has 1 saturated heterocycles. The van der Waals surface area contributed by atoms with Crippen LogP contribution >= 0.6 is 0 Å². The van der Waals surface area contributed by atoms with E-state index in [9.17, 15) is 9.59 Å². The first-order valence-corrected chi connectivity index (χ1v) is 7.19. The Labute approximate surface area is 115 Å². The number of carboxylic acid groups (broad SMARTS) is 1. The van der Waals surface area contributed by atoms with Gasteiger partial charge in [-0.1, -0.05) is 13.8 Å². The van der Waals surface area contributed by atoms with Crippen LogP contribution in [-0.4, -0.2) is 53.1 Å². The topological polar surface area (TPSA) is 60.9 Å². The second-order valence-corrected chi connectivity index (χ2v) is 5.75. The number of carbonyl (C=O) groups is 2. The molecular weight excluding hydrogens is 244 g/mol. The summed E-state index contributed by atoms with van der Waals surface area (Å²) in [6.07, 6.45) is 1.81. The van der Waals surface area contributed by atoms with Crippen molar-refractivity contribution in [2.24, 2.45) is 11.8 Å². The van der Waals surface area contributed by atoms with Crippen LogP contribution in [-0.2, 0) is 4.79 Å². The fourth-order valence-corrected chi connectivity index (χ4v) is 2.55.